The molecule has 2 heterocycles. The Morgan fingerprint density at radius 3 is 3.07 bits per heavy atom. The zero-order valence-electron chi connectivity index (χ0n) is 7.24. The third-order valence-electron chi connectivity index (χ3n) is 1.86. The molecule has 4 nitrogen and oxygen atoms in total. The molecule has 1 aliphatic heterocycles. The lowest BCUT2D eigenvalue weighted by Gasteiger charge is -2.22. The molecule has 0 radical (unpaired) electrons. The van der Waals surface area contributed by atoms with E-state index in [0.717, 1.165) is 10.2 Å². The van der Waals surface area contributed by atoms with Crippen LogP contribution < -0.4 is 0 Å². The van der Waals surface area contributed by atoms with Crippen LogP contribution in [0, 0.1) is 0 Å². The Kier molecular flexibility index (Phi) is 3.33. The average molecular weight is 280 g/mol. The van der Waals surface area contributed by atoms with Gasteiger partial charge in [-0.3, -0.25) is 0 Å². The molecule has 0 bridgehead atoms. The first kappa shape index (κ1) is 10.3. The Labute approximate surface area is 94.7 Å². The molecule has 1 aromatic heterocycles. The Morgan fingerprint density at radius 2 is 2.36 bits per heavy atom. The summed E-state index contributed by atoms with van der Waals surface area (Å²) in [6.45, 7) is 1.72. The van der Waals surface area contributed by atoms with Gasteiger partial charge < -0.3 is 9.47 Å². The van der Waals surface area contributed by atoms with Crippen LogP contribution in [0.5, 0.6) is 0 Å². The van der Waals surface area contributed by atoms with Gasteiger partial charge in [0.2, 0.25) is 5.28 Å². The molecule has 0 spiro atoms. The molecule has 0 saturated carbocycles. The van der Waals surface area contributed by atoms with Crippen molar-refractivity contribution >= 4 is 27.5 Å². The highest BCUT2D eigenvalue weighted by molar-refractivity contribution is 9.10. The summed E-state index contributed by atoms with van der Waals surface area (Å²) in [7, 11) is 0. The minimum absolute atomic E-state index is 0.154. The normalized spacial score (nSPS) is 22.3. The highest BCUT2D eigenvalue weighted by Gasteiger charge is 2.21. The fraction of sp³-hybridized carbons (Fsp3) is 0.500. The van der Waals surface area contributed by atoms with E-state index in [1.54, 1.807) is 6.20 Å². The van der Waals surface area contributed by atoms with E-state index in [1.165, 1.54) is 0 Å². The average Bonchev–Trinajstić information content (AvgIpc) is 2.23. The van der Waals surface area contributed by atoms with E-state index in [4.69, 9.17) is 21.1 Å². The topological polar surface area (TPSA) is 44.2 Å². The molecular weight excluding hydrogens is 271 g/mol. The van der Waals surface area contributed by atoms with Crippen LogP contribution in [-0.4, -0.2) is 29.8 Å². The monoisotopic (exact) mass is 278 g/mol. The minimum atomic E-state index is -0.154. The molecular formula is C8H8BrClN2O2. The van der Waals surface area contributed by atoms with E-state index < -0.39 is 0 Å². The summed E-state index contributed by atoms with van der Waals surface area (Å²) < 4.78 is 11.6. The van der Waals surface area contributed by atoms with Crippen molar-refractivity contribution in [3.8, 4) is 0 Å². The van der Waals surface area contributed by atoms with E-state index in [-0.39, 0.29) is 11.4 Å². The molecule has 6 heteroatoms. The molecule has 1 saturated heterocycles. The summed E-state index contributed by atoms with van der Waals surface area (Å²) in [6, 6.07) is 0. The number of ether oxygens (including phenoxy) is 2. The smallest absolute Gasteiger partial charge is 0.222 e. The Balaban J connectivity index is 2.24. The van der Waals surface area contributed by atoms with E-state index >= 15 is 0 Å². The summed E-state index contributed by atoms with van der Waals surface area (Å²) in [5, 5.41) is 0.220. The SMILES string of the molecule is Clc1ncc(Br)c(C2COCCO2)n1. The molecule has 0 aromatic carbocycles. The zero-order chi connectivity index (χ0) is 9.97. The van der Waals surface area contributed by atoms with Gasteiger partial charge in [-0.2, -0.15) is 0 Å². The zero-order valence-corrected chi connectivity index (χ0v) is 9.58. The second kappa shape index (κ2) is 4.53. The Bertz CT molecular complexity index is 331. The first-order valence-electron chi connectivity index (χ1n) is 4.14. The molecule has 1 atom stereocenters. The molecule has 0 amide bonds. The lowest BCUT2D eigenvalue weighted by atomic mass is 10.2. The van der Waals surface area contributed by atoms with Gasteiger partial charge >= 0.3 is 0 Å². The molecule has 14 heavy (non-hydrogen) atoms. The molecule has 0 aliphatic carbocycles. The predicted octanol–water partition coefficient (Wildman–Crippen LogP) is 1.98. The third-order valence-corrected chi connectivity index (χ3v) is 2.66. The first-order valence-corrected chi connectivity index (χ1v) is 5.32. The lowest BCUT2D eigenvalue weighted by Crippen LogP contribution is -2.23. The third kappa shape index (κ3) is 2.23. The van der Waals surface area contributed by atoms with Crippen molar-refractivity contribution in [2.75, 3.05) is 19.8 Å². The van der Waals surface area contributed by atoms with E-state index in [0.29, 0.717) is 19.8 Å². The fourth-order valence-electron chi connectivity index (χ4n) is 1.23. The maximum absolute atomic E-state index is 5.70. The molecule has 2 rings (SSSR count). The highest BCUT2D eigenvalue weighted by atomic mass is 79.9. The maximum atomic E-state index is 5.70. The van der Waals surface area contributed by atoms with Gasteiger partial charge in [0.05, 0.1) is 30.0 Å². The minimum Gasteiger partial charge on any atom is -0.376 e. The van der Waals surface area contributed by atoms with Crippen molar-refractivity contribution in [3.63, 3.8) is 0 Å². The van der Waals surface area contributed by atoms with Crippen LogP contribution in [0.2, 0.25) is 5.28 Å². The molecule has 1 unspecified atom stereocenters. The van der Waals surface area contributed by atoms with Crippen LogP contribution in [0.15, 0.2) is 10.7 Å². The number of hydrogen-bond acceptors (Lipinski definition) is 4. The summed E-state index contributed by atoms with van der Waals surface area (Å²) in [5.41, 5.74) is 0.740. The number of rotatable bonds is 1. The number of hydrogen-bond donors (Lipinski definition) is 0. The van der Waals surface area contributed by atoms with Gasteiger partial charge in [0.1, 0.15) is 6.10 Å². The molecule has 1 aromatic rings. The summed E-state index contributed by atoms with van der Waals surface area (Å²) >= 11 is 9.04. The van der Waals surface area contributed by atoms with Crippen molar-refractivity contribution in [3.05, 3.63) is 21.6 Å². The van der Waals surface area contributed by atoms with E-state index in [1.807, 2.05) is 0 Å². The summed E-state index contributed by atoms with van der Waals surface area (Å²) in [5.74, 6) is 0. The van der Waals surface area contributed by atoms with Gasteiger partial charge in [-0.25, -0.2) is 9.97 Å². The van der Waals surface area contributed by atoms with Gasteiger partial charge in [-0.05, 0) is 27.5 Å². The number of halogens is 2. The first-order chi connectivity index (χ1) is 6.77. The predicted molar refractivity (Wildman–Crippen MR) is 54.3 cm³/mol. The maximum Gasteiger partial charge on any atom is 0.222 e. The molecule has 76 valence electrons. The summed E-state index contributed by atoms with van der Waals surface area (Å²) in [4.78, 5) is 7.94. The lowest BCUT2D eigenvalue weighted by molar-refractivity contribution is -0.0921. The fourth-order valence-corrected chi connectivity index (χ4v) is 1.82. The summed E-state index contributed by atoms with van der Waals surface area (Å²) in [6.07, 6.45) is 1.46. The largest absolute Gasteiger partial charge is 0.376 e. The van der Waals surface area contributed by atoms with Crippen LogP contribution in [0.4, 0.5) is 0 Å². The van der Waals surface area contributed by atoms with Crippen molar-refractivity contribution in [1.82, 2.24) is 9.97 Å². The van der Waals surface area contributed by atoms with Crippen molar-refractivity contribution in [2.24, 2.45) is 0 Å². The molecule has 0 N–H and O–H groups in total. The van der Waals surface area contributed by atoms with Crippen LogP contribution in [0.25, 0.3) is 0 Å². The quantitative estimate of drug-likeness (QED) is 0.737. The van der Waals surface area contributed by atoms with Gasteiger partial charge in [-0.15, -0.1) is 0 Å². The van der Waals surface area contributed by atoms with Gasteiger partial charge in [0.15, 0.2) is 0 Å². The van der Waals surface area contributed by atoms with E-state index in [2.05, 4.69) is 25.9 Å². The number of aromatic nitrogens is 2. The van der Waals surface area contributed by atoms with Crippen molar-refractivity contribution in [2.45, 2.75) is 6.10 Å². The molecule has 1 fully saturated rings. The number of nitrogens with zero attached hydrogens (tertiary/aromatic N) is 2. The molecule has 1 aliphatic rings. The van der Waals surface area contributed by atoms with Gasteiger partial charge in [0.25, 0.3) is 0 Å². The second-order valence-electron chi connectivity index (χ2n) is 2.81. The van der Waals surface area contributed by atoms with Gasteiger partial charge in [-0.1, -0.05) is 0 Å². The Hall–Kier alpha value is -0.230. The van der Waals surface area contributed by atoms with Crippen LogP contribution in [0.1, 0.15) is 11.8 Å². The van der Waals surface area contributed by atoms with Gasteiger partial charge in [0, 0.05) is 6.20 Å². The van der Waals surface area contributed by atoms with Crippen molar-refractivity contribution < 1.29 is 9.47 Å². The standard InChI is InChI=1S/C8H8BrClN2O2/c9-5-3-11-8(10)12-7(5)6-4-13-1-2-14-6/h3,6H,1-2,4H2. The van der Waals surface area contributed by atoms with E-state index in [9.17, 15) is 0 Å². The highest BCUT2D eigenvalue weighted by Crippen LogP contribution is 2.26. The van der Waals surface area contributed by atoms with Crippen LogP contribution in [0.3, 0.4) is 0 Å². The van der Waals surface area contributed by atoms with Crippen LogP contribution in [-0.2, 0) is 9.47 Å². The van der Waals surface area contributed by atoms with Crippen molar-refractivity contribution in [1.29, 1.82) is 0 Å². The second-order valence-corrected chi connectivity index (χ2v) is 4.00. The Morgan fingerprint density at radius 1 is 1.50 bits per heavy atom. The van der Waals surface area contributed by atoms with Crippen LogP contribution >= 0.6 is 27.5 Å².